The molecule has 2 aliphatic rings. The zero-order valence-electron chi connectivity index (χ0n) is 21.1. The Morgan fingerprint density at radius 1 is 1.18 bits per heavy atom. The quantitative estimate of drug-likeness (QED) is 0.318. The fourth-order valence-corrected chi connectivity index (χ4v) is 4.95. The van der Waals surface area contributed by atoms with Crippen molar-refractivity contribution in [1.29, 1.82) is 0 Å². The van der Waals surface area contributed by atoms with Gasteiger partial charge in [0.25, 0.3) is 5.91 Å². The van der Waals surface area contributed by atoms with Crippen LogP contribution in [0.2, 0.25) is 5.02 Å². The van der Waals surface area contributed by atoms with Crippen molar-refractivity contribution in [3.8, 4) is 17.2 Å². The van der Waals surface area contributed by atoms with E-state index >= 15 is 0 Å². The number of benzene rings is 2. The third-order valence-corrected chi connectivity index (χ3v) is 6.95. The van der Waals surface area contributed by atoms with Crippen LogP contribution in [0.25, 0.3) is 0 Å². The minimum Gasteiger partial charge on any atom is -0.496 e. The van der Waals surface area contributed by atoms with Gasteiger partial charge in [0.05, 0.1) is 14.2 Å². The first-order chi connectivity index (χ1) is 18.1. The third-order valence-electron chi connectivity index (χ3n) is 6.59. The fraction of sp³-hybridized carbons (Fsp3) is 0.333. The maximum Gasteiger partial charge on any atom is 0.303 e. The molecular formula is C27H27ClN2O8. The Labute approximate surface area is 223 Å². The highest BCUT2D eigenvalue weighted by molar-refractivity contribution is 6.36. The number of carboxylic acids is 1. The van der Waals surface area contributed by atoms with E-state index in [1.165, 1.54) is 26.4 Å². The molecule has 3 N–H and O–H groups in total. The summed E-state index contributed by atoms with van der Waals surface area (Å²) in [5.74, 6) is -2.38. The van der Waals surface area contributed by atoms with E-state index in [1.54, 1.807) is 31.2 Å². The first-order valence-corrected chi connectivity index (χ1v) is 12.3. The predicted molar refractivity (Wildman–Crippen MR) is 138 cm³/mol. The summed E-state index contributed by atoms with van der Waals surface area (Å²) in [5, 5.41) is 14.6. The van der Waals surface area contributed by atoms with E-state index in [1.807, 2.05) is 0 Å². The molecule has 0 bridgehead atoms. The van der Waals surface area contributed by atoms with Crippen molar-refractivity contribution in [3.63, 3.8) is 0 Å². The number of ether oxygens (including phenoxy) is 3. The highest BCUT2D eigenvalue weighted by Crippen LogP contribution is 2.53. The molecule has 38 heavy (non-hydrogen) atoms. The van der Waals surface area contributed by atoms with Crippen LogP contribution in [0.3, 0.4) is 0 Å². The summed E-state index contributed by atoms with van der Waals surface area (Å²) >= 11 is 6.42. The minimum atomic E-state index is -1.78. The number of anilines is 1. The second-order valence-corrected chi connectivity index (χ2v) is 9.44. The molecule has 1 spiro atoms. The van der Waals surface area contributed by atoms with Crippen molar-refractivity contribution in [1.82, 2.24) is 5.32 Å². The summed E-state index contributed by atoms with van der Waals surface area (Å²) in [6.45, 7) is 1.98. The van der Waals surface area contributed by atoms with Gasteiger partial charge in [0, 0.05) is 48.0 Å². The van der Waals surface area contributed by atoms with Gasteiger partial charge in [-0.2, -0.15) is 0 Å². The molecular weight excluding hydrogens is 516 g/mol. The zero-order chi connectivity index (χ0) is 27.6. The number of Topliss-reactive ketones (excluding diaryl/α,β-unsaturated/α-hetero) is 1. The number of carboxylic acid groups (broad SMARTS) is 1. The summed E-state index contributed by atoms with van der Waals surface area (Å²) in [7, 11) is 2.83. The first kappa shape index (κ1) is 27.0. The van der Waals surface area contributed by atoms with Crippen molar-refractivity contribution in [3.05, 3.63) is 58.3 Å². The molecule has 0 saturated heterocycles. The molecule has 1 amide bonds. The molecule has 0 saturated carbocycles. The number of halogens is 1. The summed E-state index contributed by atoms with van der Waals surface area (Å²) in [6, 6.07) is 8.16. The molecule has 0 aromatic heterocycles. The van der Waals surface area contributed by atoms with E-state index in [2.05, 4.69) is 10.6 Å². The van der Waals surface area contributed by atoms with Gasteiger partial charge in [0.1, 0.15) is 22.1 Å². The lowest BCUT2D eigenvalue weighted by atomic mass is 9.74. The molecule has 2 aromatic rings. The summed E-state index contributed by atoms with van der Waals surface area (Å²) in [4.78, 5) is 50.1. The van der Waals surface area contributed by atoms with Crippen LogP contribution in [0, 0.1) is 5.92 Å². The smallest absolute Gasteiger partial charge is 0.303 e. The Morgan fingerprint density at radius 2 is 1.92 bits per heavy atom. The topological polar surface area (TPSA) is 140 Å². The van der Waals surface area contributed by atoms with Gasteiger partial charge in [0.2, 0.25) is 17.2 Å². The molecule has 11 heteroatoms. The minimum absolute atomic E-state index is 0.0342. The Hall–Kier alpha value is -4.05. The Morgan fingerprint density at radius 3 is 2.58 bits per heavy atom. The fourth-order valence-electron chi connectivity index (χ4n) is 4.68. The lowest BCUT2D eigenvalue weighted by Crippen LogP contribution is -2.55. The van der Waals surface area contributed by atoms with Gasteiger partial charge in [0.15, 0.2) is 5.75 Å². The lowest BCUT2D eigenvalue weighted by Gasteiger charge is -2.35. The number of aliphatic carboxylic acids is 1. The number of carbonyl (C=O) groups excluding carboxylic acids is 3. The molecule has 0 fully saturated rings. The highest BCUT2D eigenvalue weighted by atomic mass is 35.5. The van der Waals surface area contributed by atoms with Crippen LogP contribution in [0.1, 0.15) is 46.9 Å². The Kier molecular flexibility index (Phi) is 7.63. The van der Waals surface area contributed by atoms with Crippen molar-refractivity contribution < 1.29 is 38.5 Å². The molecule has 1 heterocycles. The van der Waals surface area contributed by atoms with Crippen LogP contribution in [-0.2, 0) is 9.59 Å². The number of amides is 1. The van der Waals surface area contributed by atoms with Crippen LogP contribution in [-0.4, -0.2) is 54.9 Å². The van der Waals surface area contributed by atoms with Gasteiger partial charge in [-0.15, -0.1) is 0 Å². The average molecular weight is 543 g/mol. The first-order valence-electron chi connectivity index (χ1n) is 11.9. The number of ketones is 2. The second-order valence-electron chi connectivity index (χ2n) is 9.06. The number of carbonyl (C=O) groups is 4. The number of nitrogens with one attached hydrogen (secondary N) is 2. The Balaban J connectivity index is 1.53. The number of hydrogen-bond acceptors (Lipinski definition) is 8. The van der Waals surface area contributed by atoms with Gasteiger partial charge in [-0.25, -0.2) is 0 Å². The van der Waals surface area contributed by atoms with Crippen molar-refractivity contribution in [2.45, 2.75) is 31.8 Å². The van der Waals surface area contributed by atoms with E-state index in [0.717, 1.165) is 0 Å². The number of rotatable bonds is 9. The van der Waals surface area contributed by atoms with E-state index < -0.39 is 29.1 Å². The molecule has 4 rings (SSSR count). The molecule has 2 atom stereocenters. The molecule has 1 aliphatic carbocycles. The highest BCUT2D eigenvalue weighted by Gasteiger charge is 2.60. The predicted octanol–water partition coefficient (Wildman–Crippen LogP) is 3.87. The summed E-state index contributed by atoms with van der Waals surface area (Å²) < 4.78 is 16.7. The molecule has 10 nitrogen and oxygen atoms in total. The maximum atomic E-state index is 13.6. The van der Waals surface area contributed by atoms with Crippen LogP contribution < -0.4 is 24.8 Å². The zero-order valence-corrected chi connectivity index (χ0v) is 21.8. The SMILES string of the molecule is COc1cc(OC)c2c(c1Cl)OC1(C(=O)C=C(Nc3cccc(C(=O)NCCCC(=O)O)c3)CC1C)C2=O. The average Bonchev–Trinajstić information content (AvgIpc) is 3.20. The summed E-state index contributed by atoms with van der Waals surface area (Å²) in [6.07, 6.45) is 1.92. The third kappa shape index (κ3) is 4.79. The van der Waals surface area contributed by atoms with E-state index in [4.69, 9.17) is 30.9 Å². The van der Waals surface area contributed by atoms with Crippen LogP contribution >= 0.6 is 11.6 Å². The van der Waals surface area contributed by atoms with Crippen LogP contribution in [0.15, 0.2) is 42.1 Å². The van der Waals surface area contributed by atoms with Crippen LogP contribution in [0.5, 0.6) is 17.2 Å². The Bertz CT molecular complexity index is 1350. The summed E-state index contributed by atoms with van der Waals surface area (Å²) in [5.41, 5.74) is -0.186. The standard InChI is InChI=1S/C27H27ClN2O8/c1-14-10-17(30-16-7-4-6-15(11-16)26(35)29-9-5-8-21(32)33)12-20(31)27(14)25(34)22-18(36-2)13-19(37-3)23(28)24(22)38-27/h4,6-7,11-14,30H,5,8-10H2,1-3H3,(H,29,35)(H,32,33). The van der Waals surface area contributed by atoms with E-state index in [0.29, 0.717) is 29.8 Å². The lowest BCUT2D eigenvalue weighted by molar-refractivity contribution is -0.137. The van der Waals surface area contributed by atoms with Gasteiger partial charge < -0.3 is 30.0 Å². The second kappa shape index (κ2) is 10.7. The molecule has 200 valence electrons. The monoisotopic (exact) mass is 542 g/mol. The van der Waals surface area contributed by atoms with E-state index in [9.17, 15) is 19.2 Å². The number of methoxy groups -OCH3 is 2. The van der Waals surface area contributed by atoms with Crippen molar-refractivity contribution >= 4 is 40.7 Å². The number of fused-ring (bicyclic) bond motifs is 1. The van der Waals surface area contributed by atoms with Crippen LogP contribution in [0.4, 0.5) is 5.69 Å². The molecule has 2 aromatic carbocycles. The number of hydrogen-bond donors (Lipinski definition) is 3. The van der Waals surface area contributed by atoms with Gasteiger partial charge in [-0.05, 0) is 31.0 Å². The number of allylic oxidation sites excluding steroid dienone is 1. The molecule has 0 radical (unpaired) electrons. The molecule has 2 unspecified atom stereocenters. The van der Waals surface area contributed by atoms with Gasteiger partial charge in [-0.1, -0.05) is 24.6 Å². The normalized spacial score (nSPS) is 19.9. The largest absolute Gasteiger partial charge is 0.496 e. The molecule has 1 aliphatic heterocycles. The van der Waals surface area contributed by atoms with E-state index in [-0.39, 0.29) is 46.7 Å². The van der Waals surface area contributed by atoms with Crippen molar-refractivity contribution in [2.75, 3.05) is 26.1 Å². The van der Waals surface area contributed by atoms with Crippen molar-refractivity contribution in [2.24, 2.45) is 5.92 Å². The van der Waals surface area contributed by atoms with Gasteiger partial charge in [-0.3, -0.25) is 19.2 Å². The maximum absolute atomic E-state index is 13.6. The van der Waals surface area contributed by atoms with Gasteiger partial charge >= 0.3 is 5.97 Å².